The van der Waals surface area contributed by atoms with E-state index >= 15 is 0 Å². The summed E-state index contributed by atoms with van der Waals surface area (Å²) in [5.41, 5.74) is 7.64. The molecule has 2 rings (SSSR count). The second-order valence-electron chi connectivity index (χ2n) is 3.83. The van der Waals surface area contributed by atoms with E-state index in [1.165, 1.54) is 0 Å². The zero-order valence-corrected chi connectivity index (χ0v) is 9.27. The highest BCUT2D eigenvalue weighted by Crippen LogP contribution is 2.31. The third kappa shape index (κ3) is 2.28. The third-order valence-corrected chi connectivity index (χ3v) is 2.67. The van der Waals surface area contributed by atoms with Crippen LogP contribution < -0.4 is 5.73 Å². The van der Waals surface area contributed by atoms with Crippen molar-refractivity contribution < 1.29 is 9.53 Å². The number of rotatable bonds is 3. The molecule has 0 atom stereocenters. The third-order valence-electron chi connectivity index (χ3n) is 2.67. The van der Waals surface area contributed by atoms with Crippen molar-refractivity contribution in [3.05, 3.63) is 41.0 Å². The second-order valence-corrected chi connectivity index (χ2v) is 3.83. The number of aryl methyl sites for hydroxylation is 1. The fraction of sp³-hybridized carbons (Fsp3) is 0.231. The van der Waals surface area contributed by atoms with Gasteiger partial charge in [0.25, 0.3) is 5.91 Å². The van der Waals surface area contributed by atoms with Crippen molar-refractivity contribution in [1.82, 2.24) is 0 Å². The highest BCUT2D eigenvalue weighted by molar-refractivity contribution is 5.78. The van der Waals surface area contributed by atoms with Crippen molar-refractivity contribution in [3.8, 4) is 6.07 Å². The number of allylic oxidation sites excluding steroid dienone is 1. The first-order valence-electron chi connectivity index (χ1n) is 5.35. The van der Waals surface area contributed by atoms with Gasteiger partial charge in [-0.2, -0.15) is 5.26 Å². The molecule has 1 amide bonds. The minimum Gasteiger partial charge on any atom is -0.482 e. The van der Waals surface area contributed by atoms with Crippen molar-refractivity contribution in [2.45, 2.75) is 12.8 Å². The number of fused-ring (bicyclic) bond motifs is 1. The number of carbonyl (C=O) groups is 1. The van der Waals surface area contributed by atoms with Crippen LogP contribution in [0.5, 0.6) is 0 Å². The molecule has 17 heavy (non-hydrogen) atoms. The first-order valence-corrected chi connectivity index (χ1v) is 5.35. The van der Waals surface area contributed by atoms with Gasteiger partial charge in [0.05, 0.1) is 11.6 Å². The lowest BCUT2D eigenvalue weighted by Crippen LogP contribution is -2.19. The van der Waals surface area contributed by atoms with Gasteiger partial charge in [-0.05, 0) is 18.4 Å². The van der Waals surface area contributed by atoms with Crippen LogP contribution in [0, 0.1) is 11.3 Å². The molecule has 0 saturated heterocycles. The molecule has 0 unspecified atom stereocenters. The Hall–Kier alpha value is -2.28. The van der Waals surface area contributed by atoms with Crippen molar-refractivity contribution in [1.29, 1.82) is 5.26 Å². The van der Waals surface area contributed by atoms with Crippen molar-refractivity contribution in [2.75, 3.05) is 6.61 Å². The summed E-state index contributed by atoms with van der Waals surface area (Å²) in [4.78, 5) is 10.7. The van der Waals surface area contributed by atoms with E-state index in [1.54, 1.807) is 0 Å². The van der Waals surface area contributed by atoms with Crippen LogP contribution in [0.15, 0.2) is 29.8 Å². The van der Waals surface area contributed by atoms with Crippen LogP contribution in [0.25, 0.3) is 5.76 Å². The quantitative estimate of drug-likeness (QED) is 0.848. The molecule has 0 aliphatic heterocycles. The number of ether oxygens (including phenoxy) is 1. The summed E-state index contributed by atoms with van der Waals surface area (Å²) in [6, 6.07) is 9.84. The van der Waals surface area contributed by atoms with Crippen molar-refractivity contribution in [3.63, 3.8) is 0 Å². The number of hydrogen-bond donors (Lipinski definition) is 1. The molecule has 1 aliphatic rings. The van der Waals surface area contributed by atoms with Gasteiger partial charge in [0.15, 0.2) is 6.61 Å². The number of primary amides is 1. The maximum atomic E-state index is 10.7. The zero-order valence-electron chi connectivity index (χ0n) is 9.27. The number of nitriles is 1. The molecule has 0 bridgehead atoms. The average molecular weight is 228 g/mol. The zero-order chi connectivity index (χ0) is 12.3. The molecule has 1 aromatic rings. The molecular formula is C13H12N2O2. The molecule has 0 saturated carbocycles. The van der Waals surface area contributed by atoms with Crippen LogP contribution in [-0.4, -0.2) is 12.5 Å². The molecule has 0 fully saturated rings. The summed E-state index contributed by atoms with van der Waals surface area (Å²) in [5, 5.41) is 9.05. The first-order chi connectivity index (χ1) is 8.22. The summed E-state index contributed by atoms with van der Waals surface area (Å²) >= 11 is 0. The van der Waals surface area contributed by atoms with E-state index in [-0.39, 0.29) is 6.61 Å². The SMILES string of the molecule is N#CC1=C(OCC(N)=O)c2ccccc2CC1. The Morgan fingerprint density at radius 2 is 2.18 bits per heavy atom. The van der Waals surface area contributed by atoms with Crippen molar-refractivity contribution >= 4 is 11.7 Å². The molecule has 4 nitrogen and oxygen atoms in total. The Morgan fingerprint density at radius 1 is 1.41 bits per heavy atom. The molecule has 0 spiro atoms. The maximum absolute atomic E-state index is 10.7. The van der Waals surface area contributed by atoms with Crippen LogP contribution in [0.4, 0.5) is 0 Å². The van der Waals surface area contributed by atoms with E-state index in [9.17, 15) is 4.79 Å². The van der Waals surface area contributed by atoms with Gasteiger partial charge in [0, 0.05) is 5.56 Å². The Kier molecular flexibility index (Phi) is 3.10. The number of nitrogens with zero attached hydrogens (tertiary/aromatic N) is 1. The van der Waals surface area contributed by atoms with E-state index < -0.39 is 5.91 Å². The molecule has 1 aromatic carbocycles. The second kappa shape index (κ2) is 4.71. The summed E-state index contributed by atoms with van der Waals surface area (Å²) < 4.78 is 5.36. The van der Waals surface area contributed by atoms with E-state index in [2.05, 4.69) is 6.07 Å². The van der Waals surface area contributed by atoms with Crippen LogP contribution in [0.1, 0.15) is 17.5 Å². The Balaban J connectivity index is 2.38. The van der Waals surface area contributed by atoms with E-state index in [4.69, 9.17) is 15.7 Å². The fourth-order valence-electron chi connectivity index (χ4n) is 1.91. The lowest BCUT2D eigenvalue weighted by atomic mass is 9.91. The minimum atomic E-state index is -0.544. The van der Waals surface area contributed by atoms with Crippen LogP contribution in [0.3, 0.4) is 0 Å². The number of nitrogens with two attached hydrogens (primary N) is 1. The van der Waals surface area contributed by atoms with Gasteiger partial charge in [-0.25, -0.2) is 0 Å². The van der Waals surface area contributed by atoms with Gasteiger partial charge in [0.1, 0.15) is 5.76 Å². The molecule has 4 heteroatoms. The first kappa shape index (κ1) is 11.2. The van der Waals surface area contributed by atoms with Gasteiger partial charge in [-0.15, -0.1) is 0 Å². The number of hydrogen-bond acceptors (Lipinski definition) is 3. The van der Waals surface area contributed by atoms with Crippen LogP contribution in [0.2, 0.25) is 0 Å². The van der Waals surface area contributed by atoms with E-state index in [0.717, 1.165) is 17.5 Å². The van der Waals surface area contributed by atoms with Crippen LogP contribution >= 0.6 is 0 Å². The monoisotopic (exact) mass is 228 g/mol. The highest BCUT2D eigenvalue weighted by atomic mass is 16.5. The molecule has 86 valence electrons. The van der Waals surface area contributed by atoms with E-state index in [0.29, 0.717) is 17.8 Å². The standard InChI is InChI=1S/C13H12N2O2/c14-7-10-6-5-9-3-1-2-4-11(9)13(10)17-8-12(15)16/h1-4H,5-6,8H2,(H2,15,16). The summed E-state index contributed by atoms with van der Waals surface area (Å²) in [6.45, 7) is -0.200. The minimum absolute atomic E-state index is 0.200. The average Bonchev–Trinajstić information content (AvgIpc) is 2.35. The van der Waals surface area contributed by atoms with Gasteiger partial charge < -0.3 is 10.5 Å². The molecule has 1 aliphatic carbocycles. The normalized spacial score (nSPS) is 13.8. The maximum Gasteiger partial charge on any atom is 0.255 e. The Morgan fingerprint density at radius 3 is 2.88 bits per heavy atom. The van der Waals surface area contributed by atoms with Crippen LogP contribution in [-0.2, 0) is 16.0 Å². The topological polar surface area (TPSA) is 76.1 Å². The number of benzene rings is 1. The molecule has 0 heterocycles. The molecule has 0 aromatic heterocycles. The lowest BCUT2D eigenvalue weighted by Gasteiger charge is -2.19. The molecule has 2 N–H and O–H groups in total. The largest absolute Gasteiger partial charge is 0.482 e. The lowest BCUT2D eigenvalue weighted by molar-refractivity contribution is -0.120. The molecular weight excluding hydrogens is 216 g/mol. The Bertz CT molecular complexity index is 526. The van der Waals surface area contributed by atoms with Gasteiger partial charge >= 0.3 is 0 Å². The number of carbonyl (C=O) groups excluding carboxylic acids is 1. The summed E-state index contributed by atoms with van der Waals surface area (Å²) in [7, 11) is 0. The smallest absolute Gasteiger partial charge is 0.255 e. The van der Waals surface area contributed by atoms with Gasteiger partial charge in [0.2, 0.25) is 0 Å². The van der Waals surface area contributed by atoms with Gasteiger partial charge in [-0.1, -0.05) is 24.3 Å². The highest BCUT2D eigenvalue weighted by Gasteiger charge is 2.20. The van der Waals surface area contributed by atoms with E-state index in [1.807, 2.05) is 24.3 Å². The summed E-state index contributed by atoms with van der Waals surface area (Å²) in [5.74, 6) is -0.0500. The summed E-state index contributed by atoms with van der Waals surface area (Å²) in [6.07, 6.45) is 1.46. The predicted molar refractivity (Wildman–Crippen MR) is 62.4 cm³/mol. The van der Waals surface area contributed by atoms with Crippen molar-refractivity contribution in [2.24, 2.45) is 5.73 Å². The predicted octanol–water partition coefficient (Wildman–Crippen LogP) is 1.37. The number of amides is 1. The Labute approximate surface area is 99.3 Å². The fourth-order valence-corrected chi connectivity index (χ4v) is 1.91. The molecule has 0 radical (unpaired) electrons. The van der Waals surface area contributed by atoms with Gasteiger partial charge in [-0.3, -0.25) is 4.79 Å².